The summed E-state index contributed by atoms with van der Waals surface area (Å²) in [6.45, 7) is 0.347. The fourth-order valence-corrected chi connectivity index (χ4v) is 3.30. The molecule has 0 radical (unpaired) electrons. The van der Waals surface area contributed by atoms with Crippen LogP contribution in [0.25, 0.3) is 0 Å². The zero-order valence-corrected chi connectivity index (χ0v) is 13.0. The standard InChI is InChI=1S/C11H8BrClF3NO2S/c12-7-1-5(19-11(14,15)16)2-8(13)10(7)17-4-6(20)3-9(17)18/h1-2,6,20H,3-4H2. The van der Waals surface area contributed by atoms with Crippen molar-refractivity contribution < 1.29 is 22.7 Å². The number of alkyl halides is 3. The lowest BCUT2D eigenvalue weighted by atomic mass is 10.2. The van der Waals surface area contributed by atoms with Crippen molar-refractivity contribution in [2.45, 2.75) is 18.0 Å². The van der Waals surface area contributed by atoms with Crippen molar-refractivity contribution >= 4 is 51.8 Å². The molecule has 1 heterocycles. The minimum atomic E-state index is -4.80. The second-order valence-corrected chi connectivity index (χ2v) is 6.14. The first-order valence-electron chi connectivity index (χ1n) is 5.40. The maximum absolute atomic E-state index is 12.2. The summed E-state index contributed by atoms with van der Waals surface area (Å²) in [6, 6.07) is 2.14. The molecule has 1 unspecified atom stereocenters. The SMILES string of the molecule is O=C1CC(S)CN1c1c(Cl)cc(OC(F)(F)F)cc1Br. The normalized spacial score (nSPS) is 19.6. The van der Waals surface area contributed by atoms with Crippen LogP contribution in [0.4, 0.5) is 18.9 Å². The first kappa shape index (κ1) is 15.8. The number of ether oxygens (including phenoxy) is 1. The topological polar surface area (TPSA) is 29.5 Å². The van der Waals surface area contributed by atoms with E-state index in [2.05, 4.69) is 33.3 Å². The van der Waals surface area contributed by atoms with Gasteiger partial charge in [-0.2, -0.15) is 12.6 Å². The van der Waals surface area contributed by atoms with Gasteiger partial charge in [0.25, 0.3) is 0 Å². The largest absolute Gasteiger partial charge is 0.573 e. The van der Waals surface area contributed by atoms with Crippen molar-refractivity contribution in [3.63, 3.8) is 0 Å². The number of anilines is 1. The molecule has 1 amide bonds. The van der Waals surface area contributed by atoms with Crippen molar-refractivity contribution in [3.8, 4) is 5.75 Å². The molecule has 1 saturated heterocycles. The fourth-order valence-electron chi connectivity index (χ4n) is 1.90. The van der Waals surface area contributed by atoms with Gasteiger partial charge < -0.3 is 9.64 Å². The average molecular weight is 391 g/mol. The van der Waals surface area contributed by atoms with Gasteiger partial charge in [0.1, 0.15) is 5.75 Å². The summed E-state index contributed by atoms with van der Waals surface area (Å²) in [7, 11) is 0. The van der Waals surface area contributed by atoms with E-state index in [-0.39, 0.29) is 27.1 Å². The van der Waals surface area contributed by atoms with Gasteiger partial charge in [-0.05, 0) is 22.0 Å². The molecule has 0 aliphatic carbocycles. The molecule has 0 N–H and O–H groups in total. The number of amides is 1. The number of rotatable bonds is 2. The van der Waals surface area contributed by atoms with Crippen LogP contribution in [0.15, 0.2) is 16.6 Å². The molecule has 1 fully saturated rings. The molecule has 110 valence electrons. The zero-order valence-electron chi connectivity index (χ0n) is 9.75. The summed E-state index contributed by atoms with van der Waals surface area (Å²) < 4.78 is 40.5. The molecule has 0 bridgehead atoms. The molecule has 1 aliphatic heterocycles. The van der Waals surface area contributed by atoms with Crippen molar-refractivity contribution in [2.75, 3.05) is 11.4 Å². The lowest BCUT2D eigenvalue weighted by molar-refractivity contribution is -0.274. The maximum atomic E-state index is 12.2. The van der Waals surface area contributed by atoms with E-state index in [1.54, 1.807) is 0 Å². The van der Waals surface area contributed by atoms with E-state index in [0.29, 0.717) is 12.2 Å². The van der Waals surface area contributed by atoms with Crippen molar-refractivity contribution in [1.82, 2.24) is 0 Å². The Balaban J connectivity index is 2.34. The van der Waals surface area contributed by atoms with Gasteiger partial charge in [0.05, 0.1) is 10.7 Å². The molecule has 0 saturated carbocycles. The molecule has 1 aromatic rings. The number of carbonyl (C=O) groups is 1. The summed E-state index contributed by atoms with van der Waals surface area (Å²) >= 11 is 13.3. The van der Waals surface area contributed by atoms with Crippen LogP contribution >= 0.6 is 40.2 Å². The van der Waals surface area contributed by atoms with E-state index in [0.717, 1.165) is 12.1 Å². The monoisotopic (exact) mass is 389 g/mol. The predicted molar refractivity (Wildman–Crippen MR) is 75.6 cm³/mol. The third-order valence-corrected chi connectivity index (χ3v) is 3.84. The summed E-state index contributed by atoms with van der Waals surface area (Å²) in [5, 5.41) is -0.133. The minimum Gasteiger partial charge on any atom is -0.406 e. The Morgan fingerprint density at radius 3 is 2.55 bits per heavy atom. The first-order valence-corrected chi connectivity index (χ1v) is 7.09. The van der Waals surface area contributed by atoms with E-state index >= 15 is 0 Å². The number of thiol groups is 1. The molecular weight excluding hydrogens is 383 g/mol. The highest BCUT2D eigenvalue weighted by molar-refractivity contribution is 9.10. The van der Waals surface area contributed by atoms with Gasteiger partial charge in [-0.25, -0.2) is 0 Å². The molecule has 20 heavy (non-hydrogen) atoms. The first-order chi connectivity index (χ1) is 9.17. The highest BCUT2D eigenvalue weighted by Crippen LogP contribution is 2.41. The third-order valence-electron chi connectivity index (χ3n) is 2.60. The van der Waals surface area contributed by atoms with Crippen molar-refractivity contribution in [1.29, 1.82) is 0 Å². The number of carbonyl (C=O) groups excluding carboxylic acids is 1. The number of hydrogen-bond acceptors (Lipinski definition) is 3. The maximum Gasteiger partial charge on any atom is 0.573 e. The Labute approximate surface area is 131 Å². The van der Waals surface area contributed by atoms with E-state index in [9.17, 15) is 18.0 Å². The van der Waals surface area contributed by atoms with Crippen LogP contribution in [-0.2, 0) is 4.79 Å². The van der Waals surface area contributed by atoms with Crippen LogP contribution in [0, 0.1) is 0 Å². The van der Waals surface area contributed by atoms with Gasteiger partial charge in [-0.3, -0.25) is 4.79 Å². The van der Waals surface area contributed by atoms with Crippen LogP contribution in [0.5, 0.6) is 5.75 Å². The van der Waals surface area contributed by atoms with Gasteiger partial charge in [-0.1, -0.05) is 11.6 Å². The minimum absolute atomic E-state index is 0.00518. The molecule has 0 spiro atoms. The van der Waals surface area contributed by atoms with E-state index in [4.69, 9.17) is 11.6 Å². The summed E-state index contributed by atoms with van der Waals surface area (Å²) in [4.78, 5) is 13.2. The van der Waals surface area contributed by atoms with E-state index in [1.807, 2.05) is 0 Å². The molecule has 0 aromatic heterocycles. The number of benzene rings is 1. The lowest BCUT2D eigenvalue weighted by Crippen LogP contribution is -2.25. The molecule has 9 heteroatoms. The Morgan fingerprint density at radius 1 is 1.45 bits per heavy atom. The lowest BCUT2D eigenvalue weighted by Gasteiger charge is -2.20. The molecule has 1 aromatic carbocycles. The van der Waals surface area contributed by atoms with Gasteiger partial charge in [0, 0.05) is 28.8 Å². The Kier molecular flexibility index (Phi) is 4.46. The quantitative estimate of drug-likeness (QED) is 0.773. The van der Waals surface area contributed by atoms with Crippen molar-refractivity contribution in [3.05, 3.63) is 21.6 Å². The Bertz CT molecular complexity index is 532. The van der Waals surface area contributed by atoms with Crippen LogP contribution in [0.3, 0.4) is 0 Å². The number of nitrogens with zero attached hydrogens (tertiary/aromatic N) is 1. The second-order valence-electron chi connectivity index (χ2n) is 4.15. The molecule has 2 rings (SSSR count). The van der Waals surface area contributed by atoms with Crippen LogP contribution < -0.4 is 9.64 Å². The highest BCUT2D eigenvalue weighted by atomic mass is 79.9. The number of hydrogen-bond donors (Lipinski definition) is 1. The zero-order chi connectivity index (χ0) is 15.1. The van der Waals surface area contributed by atoms with Crippen LogP contribution in [0.2, 0.25) is 5.02 Å². The average Bonchev–Trinajstić information content (AvgIpc) is 2.54. The summed E-state index contributed by atoms with van der Waals surface area (Å²) in [5.74, 6) is -0.635. The molecule has 1 aliphatic rings. The van der Waals surface area contributed by atoms with Gasteiger partial charge in [0.2, 0.25) is 5.91 Å². The van der Waals surface area contributed by atoms with Gasteiger partial charge >= 0.3 is 6.36 Å². The molecule has 1 atom stereocenters. The van der Waals surface area contributed by atoms with Gasteiger partial charge in [0.15, 0.2) is 0 Å². The highest BCUT2D eigenvalue weighted by Gasteiger charge is 2.34. The van der Waals surface area contributed by atoms with Crippen molar-refractivity contribution in [2.24, 2.45) is 0 Å². The van der Waals surface area contributed by atoms with Gasteiger partial charge in [-0.15, -0.1) is 13.2 Å². The van der Waals surface area contributed by atoms with Crippen LogP contribution in [0.1, 0.15) is 6.42 Å². The van der Waals surface area contributed by atoms with E-state index < -0.39 is 12.1 Å². The number of halogens is 5. The molecule has 3 nitrogen and oxygen atoms in total. The third kappa shape index (κ3) is 3.53. The predicted octanol–water partition coefficient (Wildman–Crippen LogP) is 4.04. The fraction of sp³-hybridized carbons (Fsp3) is 0.364. The summed E-state index contributed by atoms with van der Waals surface area (Å²) in [5.41, 5.74) is 0.322. The molecular formula is C11H8BrClF3NO2S. The smallest absolute Gasteiger partial charge is 0.406 e. The van der Waals surface area contributed by atoms with E-state index in [1.165, 1.54) is 4.90 Å². The van der Waals surface area contributed by atoms with Crippen LogP contribution in [-0.4, -0.2) is 24.1 Å². The Hall–Kier alpha value is -0.600. The summed E-state index contributed by atoms with van der Waals surface area (Å²) in [6.07, 6.45) is -4.55. The second kappa shape index (κ2) is 5.65. The Morgan fingerprint density at radius 2 is 2.10 bits per heavy atom.